The normalized spacial score (nSPS) is 15.4. The molecule has 0 bridgehead atoms. The molecule has 2 rings (SSSR count). The van der Waals surface area contributed by atoms with Gasteiger partial charge in [0.2, 0.25) is 0 Å². The topological polar surface area (TPSA) is 56.2 Å². The number of fused-ring (bicyclic) bond motifs is 1. The van der Waals surface area contributed by atoms with Crippen LogP contribution in [0.1, 0.15) is 11.7 Å². The Labute approximate surface area is 93.2 Å². The molecule has 0 saturated heterocycles. The molecule has 0 saturated carbocycles. The smallest absolute Gasteiger partial charge is 0.106 e. The van der Waals surface area contributed by atoms with Gasteiger partial charge in [0.1, 0.15) is 6.10 Å². The molecule has 0 fully saturated rings. The molecule has 3 nitrogen and oxygen atoms in total. The van der Waals surface area contributed by atoms with E-state index in [0.29, 0.717) is 5.56 Å². The van der Waals surface area contributed by atoms with Crippen LogP contribution in [0.2, 0.25) is 0 Å². The maximum absolute atomic E-state index is 9.78. The SMILES string of the molecule is OC(CS)C(O)c1ccc2[nH]ccc2c1. The van der Waals surface area contributed by atoms with Gasteiger partial charge in [-0.25, -0.2) is 0 Å². The van der Waals surface area contributed by atoms with E-state index >= 15 is 0 Å². The van der Waals surface area contributed by atoms with Crippen molar-refractivity contribution in [2.24, 2.45) is 0 Å². The quantitative estimate of drug-likeness (QED) is 0.596. The van der Waals surface area contributed by atoms with E-state index in [4.69, 9.17) is 0 Å². The van der Waals surface area contributed by atoms with Gasteiger partial charge >= 0.3 is 0 Å². The summed E-state index contributed by atoms with van der Waals surface area (Å²) in [5.74, 6) is 0.242. The van der Waals surface area contributed by atoms with E-state index in [1.807, 2.05) is 24.4 Å². The molecule has 4 heteroatoms. The molecule has 0 aliphatic rings. The summed E-state index contributed by atoms with van der Waals surface area (Å²) < 4.78 is 0. The fraction of sp³-hybridized carbons (Fsp3) is 0.273. The Bertz CT molecular complexity index is 455. The molecule has 3 N–H and O–H groups in total. The number of hydrogen-bond acceptors (Lipinski definition) is 3. The summed E-state index contributed by atoms with van der Waals surface area (Å²) in [5.41, 5.74) is 1.73. The van der Waals surface area contributed by atoms with Gasteiger partial charge in [0.25, 0.3) is 0 Å². The van der Waals surface area contributed by atoms with Crippen molar-refractivity contribution in [2.75, 3.05) is 5.75 Å². The lowest BCUT2D eigenvalue weighted by molar-refractivity contribution is 0.0338. The van der Waals surface area contributed by atoms with Crippen LogP contribution >= 0.6 is 12.6 Å². The third-order valence-electron chi connectivity index (χ3n) is 2.47. The van der Waals surface area contributed by atoms with Crippen LogP contribution in [-0.4, -0.2) is 27.1 Å². The van der Waals surface area contributed by atoms with Gasteiger partial charge in [-0.15, -0.1) is 0 Å². The number of aliphatic hydroxyl groups excluding tert-OH is 2. The number of nitrogens with one attached hydrogen (secondary N) is 1. The van der Waals surface area contributed by atoms with Gasteiger partial charge in [-0.3, -0.25) is 0 Å². The van der Waals surface area contributed by atoms with Crippen molar-refractivity contribution >= 4 is 23.5 Å². The predicted octanol–water partition coefficient (Wildman–Crippen LogP) is 1.49. The van der Waals surface area contributed by atoms with Crippen LogP contribution in [0.4, 0.5) is 0 Å². The Morgan fingerprint density at radius 1 is 1.27 bits per heavy atom. The van der Waals surface area contributed by atoms with E-state index in [2.05, 4.69) is 17.6 Å². The predicted molar refractivity (Wildman–Crippen MR) is 63.1 cm³/mol. The van der Waals surface area contributed by atoms with Gasteiger partial charge in [-0.1, -0.05) is 6.07 Å². The monoisotopic (exact) mass is 223 g/mol. The summed E-state index contributed by atoms with van der Waals surface area (Å²) in [6, 6.07) is 7.48. The van der Waals surface area contributed by atoms with Crippen molar-refractivity contribution in [1.29, 1.82) is 0 Å². The molecule has 15 heavy (non-hydrogen) atoms. The van der Waals surface area contributed by atoms with Crippen LogP contribution in [0.15, 0.2) is 30.5 Å². The molecule has 1 aromatic carbocycles. The standard InChI is InChI=1S/C11H13NO2S/c13-10(6-15)11(14)8-1-2-9-7(5-8)3-4-12-9/h1-5,10-15H,6H2. The largest absolute Gasteiger partial charge is 0.389 e. The molecule has 1 heterocycles. The number of hydrogen-bond donors (Lipinski definition) is 4. The fourth-order valence-electron chi connectivity index (χ4n) is 1.58. The summed E-state index contributed by atoms with van der Waals surface area (Å²) in [4.78, 5) is 3.07. The number of aliphatic hydroxyl groups is 2. The van der Waals surface area contributed by atoms with Gasteiger partial charge < -0.3 is 15.2 Å². The highest BCUT2D eigenvalue weighted by Gasteiger charge is 2.16. The molecule has 2 aromatic rings. The van der Waals surface area contributed by atoms with Gasteiger partial charge in [0.05, 0.1) is 6.10 Å². The third kappa shape index (κ3) is 2.02. The molecule has 2 unspecified atom stereocenters. The van der Waals surface area contributed by atoms with Crippen molar-refractivity contribution in [3.8, 4) is 0 Å². The maximum atomic E-state index is 9.78. The molecule has 2 atom stereocenters. The first-order valence-corrected chi connectivity index (χ1v) is 5.39. The minimum absolute atomic E-state index is 0.242. The average molecular weight is 223 g/mol. The lowest BCUT2D eigenvalue weighted by Crippen LogP contribution is -2.19. The van der Waals surface area contributed by atoms with Crippen LogP contribution in [0, 0.1) is 0 Å². The zero-order chi connectivity index (χ0) is 10.8. The first-order chi connectivity index (χ1) is 7.22. The van der Waals surface area contributed by atoms with Crippen LogP contribution in [0.5, 0.6) is 0 Å². The highest BCUT2D eigenvalue weighted by Crippen LogP contribution is 2.22. The maximum Gasteiger partial charge on any atom is 0.106 e. The molecule has 1 aromatic heterocycles. The summed E-state index contributed by atoms with van der Waals surface area (Å²) >= 11 is 3.95. The zero-order valence-electron chi connectivity index (χ0n) is 8.09. The second-order valence-electron chi connectivity index (χ2n) is 3.52. The first-order valence-electron chi connectivity index (χ1n) is 4.76. The second kappa shape index (κ2) is 4.26. The Morgan fingerprint density at radius 2 is 2.07 bits per heavy atom. The summed E-state index contributed by atoms with van der Waals surface area (Å²) in [5, 5.41) is 20.3. The second-order valence-corrected chi connectivity index (χ2v) is 3.88. The van der Waals surface area contributed by atoms with E-state index in [0.717, 1.165) is 10.9 Å². The highest BCUT2D eigenvalue weighted by atomic mass is 32.1. The fourth-order valence-corrected chi connectivity index (χ4v) is 1.78. The van der Waals surface area contributed by atoms with E-state index in [9.17, 15) is 10.2 Å². The van der Waals surface area contributed by atoms with E-state index < -0.39 is 12.2 Å². The minimum Gasteiger partial charge on any atom is -0.389 e. The average Bonchev–Trinajstić information content (AvgIpc) is 2.73. The van der Waals surface area contributed by atoms with Gasteiger partial charge in [0.15, 0.2) is 0 Å². The van der Waals surface area contributed by atoms with Crippen LogP contribution in [-0.2, 0) is 0 Å². The Balaban J connectivity index is 2.35. The Kier molecular flexibility index (Phi) is 3.00. The number of H-pyrrole nitrogens is 1. The lowest BCUT2D eigenvalue weighted by Gasteiger charge is -2.16. The summed E-state index contributed by atoms with van der Waals surface area (Å²) in [6.07, 6.45) is 0.141. The number of aromatic nitrogens is 1. The van der Waals surface area contributed by atoms with Crippen molar-refractivity contribution in [1.82, 2.24) is 4.98 Å². The molecular formula is C11H13NO2S. The Hall–Kier alpha value is -0.970. The number of thiol groups is 1. The van der Waals surface area contributed by atoms with Crippen molar-refractivity contribution in [3.63, 3.8) is 0 Å². The van der Waals surface area contributed by atoms with Crippen molar-refractivity contribution in [3.05, 3.63) is 36.0 Å². The third-order valence-corrected chi connectivity index (χ3v) is 2.84. The molecular weight excluding hydrogens is 210 g/mol. The molecule has 0 amide bonds. The molecule has 80 valence electrons. The first kappa shape index (κ1) is 10.5. The molecule has 0 aliphatic carbocycles. The summed E-state index contributed by atoms with van der Waals surface area (Å²) in [6.45, 7) is 0. The van der Waals surface area contributed by atoms with Gasteiger partial charge in [0, 0.05) is 17.5 Å². The van der Waals surface area contributed by atoms with E-state index in [1.54, 1.807) is 6.07 Å². The highest BCUT2D eigenvalue weighted by molar-refractivity contribution is 7.80. The molecule has 0 radical (unpaired) electrons. The number of rotatable bonds is 3. The van der Waals surface area contributed by atoms with E-state index in [-0.39, 0.29) is 5.75 Å². The van der Waals surface area contributed by atoms with Crippen LogP contribution in [0.3, 0.4) is 0 Å². The van der Waals surface area contributed by atoms with Gasteiger partial charge in [-0.05, 0) is 29.1 Å². The van der Waals surface area contributed by atoms with E-state index in [1.165, 1.54) is 0 Å². The van der Waals surface area contributed by atoms with Crippen molar-refractivity contribution in [2.45, 2.75) is 12.2 Å². The molecule has 0 aliphatic heterocycles. The van der Waals surface area contributed by atoms with Crippen LogP contribution < -0.4 is 0 Å². The number of benzene rings is 1. The minimum atomic E-state index is -0.873. The van der Waals surface area contributed by atoms with Crippen molar-refractivity contribution < 1.29 is 10.2 Å². The molecule has 0 spiro atoms. The zero-order valence-corrected chi connectivity index (χ0v) is 8.98. The number of aromatic amines is 1. The van der Waals surface area contributed by atoms with Gasteiger partial charge in [-0.2, -0.15) is 12.6 Å². The summed E-state index contributed by atoms with van der Waals surface area (Å²) in [7, 11) is 0. The lowest BCUT2D eigenvalue weighted by atomic mass is 10.0. The van der Waals surface area contributed by atoms with Crippen LogP contribution in [0.25, 0.3) is 10.9 Å². The Morgan fingerprint density at radius 3 is 2.80 bits per heavy atom.